The molecule has 1 rings (SSSR count). The SMILES string of the molecule is CCCC(NC(=O)C1(N)CC(OCC)C1(C)C)C(=O)O. The van der Waals surface area contributed by atoms with Crippen LogP contribution < -0.4 is 11.1 Å². The Kier molecular flexibility index (Phi) is 5.15. The molecular weight excluding hydrogens is 260 g/mol. The summed E-state index contributed by atoms with van der Waals surface area (Å²) in [5, 5.41) is 11.7. The summed E-state index contributed by atoms with van der Waals surface area (Å²) >= 11 is 0. The fourth-order valence-corrected chi connectivity index (χ4v) is 2.65. The maximum atomic E-state index is 12.3. The molecule has 1 aliphatic rings. The van der Waals surface area contributed by atoms with Crippen molar-refractivity contribution in [3.05, 3.63) is 0 Å². The maximum Gasteiger partial charge on any atom is 0.326 e. The van der Waals surface area contributed by atoms with Gasteiger partial charge in [0.1, 0.15) is 11.6 Å². The number of carbonyl (C=O) groups is 2. The van der Waals surface area contributed by atoms with Crippen LogP contribution in [0.3, 0.4) is 0 Å². The van der Waals surface area contributed by atoms with E-state index in [9.17, 15) is 9.59 Å². The fraction of sp³-hybridized carbons (Fsp3) is 0.857. The van der Waals surface area contributed by atoms with Crippen LogP contribution in [0, 0.1) is 5.41 Å². The molecule has 0 spiro atoms. The lowest BCUT2D eigenvalue weighted by atomic mass is 9.54. The first-order valence-corrected chi connectivity index (χ1v) is 7.15. The van der Waals surface area contributed by atoms with Crippen LogP contribution in [-0.2, 0) is 14.3 Å². The van der Waals surface area contributed by atoms with Crippen molar-refractivity contribution in [3.63, 3.8) is 0 Å². The second kappa shape index (κ2) is 6.10. The largest absolute Gasteiger partial charge is 0.480 e. The van der Waals surface area contributed by atoms with Crippen LogP contribution in [0.5, 0.6) is 0 Å². The zero-order valence-electron chi connectivity index (χ0n) is 12.7. The zero-order chi connectivity index (χ0) is 15.6. The molecule has 0 saturated heterocycles. The Morgan fingerprint density at radius 2 is 2.05 bits per heavy atom. The van der Waals surface area contributed by atoms with E-state index in [0.29, 0.717) is 25.9 Å². The van der Waals surface area contributed by atoms with Gasteiger partial charge in [0, 0.05) is 18.4 Å². The molecule has 0 aliphatic heterocycles. The van der Waals surface area contributed by atoms with Crippen molar-refractivity contribution in [1.29, 1.82) is 0 Å². The third kappa shape index (κ3) is 2.81. The molecule has 6 heteroatoms. The highest BCUT2D eigenvalue weighted by Crippen LogP contribution is 2.49. The Bertz CT molecular complexity index is 383. The van der Waals surface area contributed by atoms with Crippen LogP contribution in [0.15, 0.2) is 0 Å². The summed E-state index contributed by atoms with van der Waals surface area (Å²) in [4.78, 5) is 23.5. The molecule has 3 unspecified atom stereocenters. The van der Waals surface area contributed by atoms with Crippen molar-refractivity contribution < 1.29 is 19.4 Å². The van der Waals surface area contributed by atoms with Crippen molar-refractivity contribution in [2.75, 3.05) is 6.61 Å². The molecular formula is C14H26N2O4. The van der Waals surface area contributed by atoms with E-state index in [1.807, 2.05) is 27.7 Å². The second-order valence-electron chi connectivity index (χ2n) is 5.99. The van der Waals surface area contributed by atoms with Crippen molar-refractivity contribution in [1.82, 2.24) is 5.32 Å². The minimum Gasteiger partial charge on any atom is -0.480 e. The molecule has 6 nitrogen and oxygen atoms in total. The van der Waals surface area contributed by atoms with Crippen LogP contribution in [0.2, 0.25) is 0 Å². The van der Waals surface area contributed by atoms with E-state index >= 15 is 0 Å². The van der Waals surface area contributed by atoms with Crippen molar-refractivity contribution in [2.45, 2.75) is 64.6 Å². The number of carboxylic acid groups (broad SMARTS) is 1. The van der Waals surface area contributed by atoms with Crippen LogP contribution >= 0.6 is 0 Å². The minimum absolute atomic E-state index is 0.0716. The molecule has 1 saturated carbocycles. The van der Waals surface area contributed by atoms with Crippen molar-refractivity contribution >= 4 is 11.9 Å². The summed E-state index contributed by atoms with van der Waals surface area (Å²) in [6, 6.07) is -0.880. The summed E-state index contributed by atoms with van der Waals surface area (Å²) in [6.07, 6.45) is 1.42. The molecule has 0 heterocycles. The average molecular weight is 286 g/mol. The van der Waals surface area contributed by atoms with Gasteiger partial charge in [-0.05, 0) is 13.3 Å². The number of nitrogens with two attached hydrogens (primary N) is 1. The second-order valence-corrected chi connectivity index (χ2v) is 5.99. The number of rotatable bonds is 7. The van der Waals surface area contributed by atoms with E-state index in [0.717, 1.165) is 0 Å². The Hall–Kier alpha value is -1.14. The predicted octanol–water partition coefficient (Wildman–Crippen LogP) is 0.888. The monoisotopic (exact) mass is 286 g/mol. The fourth-order valence-electron chi connectivity index (χ4n) is 2.65. The Labute approximate surface area is 120 Å². The number of ether oxygens (including phenoxy) is 1. The molecule has 1 fully saturated rings. The number of carbonyl (C=O) groups excluding carboxylic acids is 1. The normalized spacial score (nSPS) is 29.4. The van der Waals surface area contributed by atoms with Crippen LogP contribution in [0.1, 0.15) is 47.0 Å². The summed E-state index contributed by atoms with van der Waals surface area (Å²) in [5.74, 6) is -1.43. The van der Waals surface area contributed by atoms with Gasteiger partial charge in [0.15, 0.2) is 0 Å². The average Bonchev–Trinajstić information content (AvgIpc) is 2.37. The zero-order valence-corrected chi connectivity index (χ0v) is 12.7. The summed E-state index contributed by atoms with van der Waals surface area (Å²) in [6.45, 7) is 8.10. The van der Waals surface area contributed by atoms with Gasteiger partial charge in [0.2, 0.25) is 5.91 Å². The Morgan fingerprint density at radius 3 is 2.45 bits per heavy atom. The van der Waals surface area contributed by atoms with Gasteiger partial charge in [-0.3, -0.25) is 4.79 Å². The number of carboxylic acids is 1. The molecule has 0 bridgehead atoms. The smallest absolute Gasteiger partial charge is 0.326 e. The van der Waals surface area contributed by atoms with E-state index in [-0.39, 0.29) is 6.10 Å². The lowest BCUT2D eigenvalue weighted by Gasteiger charge is -2.57. The van der Waals surface area contributed by atoms with E-state index in [1.165, 1.54) is 0 Å². The lowest BCUT2D eigenvalue weighted by Crippen LogP contribution is -2.76. The number of aliphatic carboxylic acids is 1. The molecule has 0 aromatic rings. The van der Waals surface area contributed by atoms with Gasteiger partial charge in [0.25, 0.3) is 0 Å². The van der Waals surface area contributed by atoms with Gasteiger partial charge in [-0.2, -0.15) is 0 Å². The molecule has 0 aromatic carbocycles. The topological polar surface area (TPSA) is 102 Å². The van der Waals surface area contributed by atoms with Gasteiger partial charge in [-0.25, -0.2) is 4.79 Å². The van der Waals surface area contributed by atoms with Gasteiger partial charge >= 0.3 is 5.97 Å². The van der Waals surface area contributed by atoms with Gasteiger partial charge in [0.05, 0.1) is 6.10 Å². The van der Waals surface area contributed by atoms with Crippen molar-refractivity contribution in [3.8, 4) is 0 Å². The van der Waals surface area contributed by atoms with Gasteiger partial charge < -0.3 is 20.9 Å². The molecule has 1 amide bonds. The van der Waals surface area contributed by atoms with E-state index in [2.05, 4.69) is 5.32 Å². The summed E-state index contributed by atoms with van der Waals surface area (Å²) in [5.41, 5.74) is 4.62. The van der Waals surface area contributed by atoms with Gasteiger partial charge in [-0.15, -0.1) is 0 Å². The Balaban J connectivity index is 2.75. The van der Waals surface area contributed by atoms with E-state index < -0.39 is 28.9 Å². The third-order valence-corrected chi connectivity index (χ3v) is 4.42. The molecule has 0 aromatic heterocycles. The molecule has 0 radical (unpaired) electrons. The molecule has 3 atom stereocenters. The minimum atomic E-state index is -1.08. The quantitative estimate of drug-likeness (QED) is 0.645. The highest BCUT2D eigenvalue weighted by Gasteiger charge is 2.63. The summed E-state index contributed by atoms with van der Waals surface area (Å²) < 4.78 is 5.56. The number of hydrogen-bond acceptors (Lipinski definition) is 4. The number of hydrogen-bond donors (Lipinski definition) is 3. The van der Waals surface area contributed by atoms with Crippen molar-refractivity contribution in [2.24, 2.45) is 11.1 Å². The lowest BCUT2D eigenvalue weighted by molar-refractivity contribution is -0.172. The Morgan fingerprint density at radius 1 is 1.45 bits per heavy atom. The highest BCUT2D eigenvalue weighted by atomic mass is 16.5. The van der Waals surface area contributed by atoms with Gasteiger partial charge in [-0.1, -0.05) is 27.2 Å². The first-order valence-electron chi connectivity index (χ1n) is 7.15. The number of nitrogens with one attached hydrogen (secondary N) is 1. The predicted molar refractivity (Wildman–Crippen MR) is 75.2 cm³/mol. The molecule has 20 heavy (non-hydrogen) atoms. The number of amides is 1. The summed E-state index contributed by atoms with van der Waals surface area (Å²) in [7, 11) is 0. The standard InChI is InChI=1S/C14H26N2O4/c1-5-7-9(11(17)18)16-12(19)14(15)8-10(20-6-2)13(14,3)4/h9-10H,5-8,15H2,1-4H3,(H,16,19)(H,17,18). The van der Waals surface area contributed by atoms with Crippen LogP contribution in [0.4, 0.5) is 0 Å². The highest BCUT2D eigenvalue weighted by molar-refractivity contribution is 5.92. The third-order valence-electron chi connectivity index (χ3n) is 4.42. The van der Waals surface area contributed by atoms with E-state index in [1.54, 1.807) is 0 Å². The molecule has 116 valence electrons. The van der Waals surface area contributed by atoms with Crippen LogP contribution in [-0.4, -0.2) is 41.3 Å². The molecule has 4 N–H and O–H groups in total. The van der Waals surface area contributed by atoms with Crippen LogP contribution in [0.25, 0.3) is 0 Å². The molecule has 1 aliphatic carbocycles. The first kappa shape index (κ1) is 16.9. The maximum absolute atomic E-state index is 12.3. The van der Waals surface area contributed by atoms with E-state index in [4.69, 9.17) is 15.6 Å². The first-order chi connectivity index (χ1) is 9.20.